The molecule has 0 radical (unpaired) electrons. The number of H-pyrrole nitrogens is 1. The van der Waals surface area contributed by atoms with Crippen LogP contribution in [0, 0.1) is 13.8 Å². The summed E-state index contributed by atoms with van der Waals surface area (Å²) in [6.45, 7) is 4.18. The van der Waals surface area contributed by atoms with Gasteiger partial charge in [-0.3, -0.25) is 0 Å². The highest BCUT2D eigenvalue weighted by Gasteiger charge is 2.21. The predicted molar refractivity (Wildman–Crippen MR) is 92.6 cm³/mol. The molecule has 0 saturated carbocycles. The molecule has 3 rings (SSSR count). The molecule has 0 aliphatic carbocycles. The first-order valence-electron chi connectivity index (χ1n) is 6.93. The summed E-state index contributed by atoms with van der Waals surface area (Å²) >= 11 is 3.64. The average Bonchev–Trinajstić information content (AvgIpc) is 2.90. The molecule has 1 aromatic heterocycles. The Labute approximate surface area is 137 Å². The molecule has 0 fully saturated rings. The van der Waals surface area contributed by atoms with Gasteiger partial charge in [0.2, 0.25) is 5.75 Å². The van der Waals surface area contributed by atoms with Crippen LogP contribution in [0.1, 0.15) is 11.1 Å². The van der Waals surface area contributed by atoms with E-state index in [1.807, 2.05) is 6.07 Å². The fourth-order valence-electron chi connectivity index (χ4n) is 2.99. The van der Waals surface area contributed by atoms with Crippen molar-refractivity contribution in [2.75, 3.05) is 21.3 Å². The number of aromatic nitrogens is 1. The van der Waals surface area contributed by atoms with E-state index in [0.717, 1.165) is 31.8 Å². The lowest BCUT2D eigenvalue weighted by Gasteiger charge is -2.13. The number of ether oxygens (including phenoxy) is 3. The zero-order valence-electron chi connectivity index (χ0n) is 13.3. The van der Waals surface area contributed by atoms with Crippen molar-refractivity contribution < 1.29 is 14.2 Å². The molecular formula is C17H18BrNO3. The van der Waals surface area contributed by atoms with Crippen LogP contribution in [0.15, 0.2) is 16.6 Å². The molecule has 0 bridgehead atoms. The fraction of sp³-hybridized carbons (Fsp3) is 0.294. The Morgan fingerprint density at radius 2 is 1.59 bits per heavy atom. The van der Waals surface area contributed by atoms with Crippen molar-refractivity contribution in [3.05, 3.63) is 27.7 Å². The zero-order valence-corrected chi connectivity index (χ0v) is 14.8. The quantitative estimate of drug-likeness (QED) is 0.731. The van der Waals surface area contributed by atoms with Crippen LogP contribution in [0.2, 0.25) is 0 Å². The SMILES string of the molecule is COc1cc2[nH]c3c(C)cc(Br)c(C)c3c2c(OC)c1OC. The third kappa shape index (κ3) is 1.96. The van der Waals surface area contributed by atoms with Crippen molar-refractivity contribution in [1.82, 2.24) is 4.98 Å². The van der Waals surface area contributed by atoms with Gasteiger partial charge < -0.3 is 19.2 Å². The minimum Gasteiger partial charge on any atom is -0.493 e. The Hall–Kier alpha value is -1.88. The number of nitrogens with one attached hydrogen (secondary N) is 1. The largest absolute Gasteiger partial charge is 0.493 e. The Morgan fingerprint density at radius 3 is 2.18 bits per heavy atom. The molecule has 0 unspecified atom stereocenters. The Morgan fingerprint density at radius 1 is 0.909 bits per heavy atom. The van der Waals surface area contributed by atoms with E-state index < -0.39 is 0 Å². The van der Waals surface area contributed by atoms with Gasteiger partial charge in [-0.05, 0) is 31.0 Å². The molecule has 0 saturated heterocycles. The maximum absolute atomic E-state index is 5.65. The lowest BCUT2D eigenvalue weighted by Crippen LogP contribution is -1.95. The van der Waals surface area contributed by atoms with Crippen LogP contribution in [-0.2, 0) is 0 Å². The first kappa shape index (κ1) is 15.0. The van der Waals surface area contributed by atoms with Gasteiger partial charge in [-0.2, -0.15) is 0 Å². The normalized spacial score (nSPS) is 11.2. The minimum atomic E-state index is 0.607. The summed E-state index contributed by atoms with van der Waals surface area (Å²) in [6.07, 6.45) is 0. The Kier molecular flexibility index (Phi) is 3.68. The molecule has 1 N–H and O–H groups in total. The number of aryl methyl sites for hydroxylation is 2. The van der Waals surface area contributed by atoms with Crippen LogP contribution in [0.4, 0.5) is 0 Å². The third-order valence-corrected chi connectivity index (χ3v) is 4.88. The van der Waals surface area contributed by atoms with Gasteiger partial charge in [0.15, 0.2) is 11.5 Å². The van der Waals surface area contributed by atoms with Gasteiger partial charge in [0.25, 0.3) is 0 Å². The van der Waals surface area contributed by atoms with E-state index in [2.05, 4.69) is 40.8 Å². The zero-order chi connectivity index (χ0) is 16.0. The van der Waals surface area contributed by atoms with E-state index in [1.165, 1.54) is 5.56 Å². The second-order valence-corrected chi connectivity index (χ2v) is 6.10. The van der Waals surface area contributed by atoms with Gasteiger partial charge in [0, 0.05) is 21.4 Å². The summed E-state index contributed by atoms with van der Waals surface area (Å²) < 4.78 is 17.7. The molecule has 3 aromatic rings. The Balaban J connectivity index is 2.60. The van der Waals surface area contributed by atoms with Gasteiger partial charge in [-0.1, -0.05) is 15.9 Å². The van der Waals surface area contributed by atoms with Crippen molar-refractivity contribution in [3.63, 3.8) is 0 Å². The van der Waals surface area contributed by atoms with E-state index in [0.29, 0.717) is 17.2 Å². The van der Waals surface area contributed by atoms with E-state index in [9.17, 15) is 0 Å². The van der Waals surface area contributed by atoms with Crippen molar-refractivity contribution >= 4 is 37.7 Å². The molecule has 0 aliphatic heterocycles. The van der Waals surface area contributed by atoms with Gasteiger partial charge in [0.1, 0.15) is 0 Å². The highest BCUT2D eigenvalue weighted by Crippen LogP contribution is 2.47. The lowest BCUT2D eigenvalue weighted by atomic mass is 10.0. The van der Waals surface area contributed by atoms with Crippen LogP contribution in [0.25, 0.3) is 21.8 Å². The molecule has 4 nitrogen and oxygen atoms in total. The van der Waals surface area contributed by atoms with E-state index in [1.54, 1.807) is 21.3 Å². The summed E-state index contributed by atoms with van der Waals surface area (Å²) in [5, 5.41) is 2.15. The van der Waals surface area contributed by atoms with Gasteiger partial charge >= 0.3 is 0 Å². The number of rotatable bonds is 3. The van der Waals surface area contributed by atoms with Crippen molar-refractivity contribution in [2.45, 2.75) is 13.8 Å². The first-order chi connectivity index (χ1) is 10.5. The van der Waals surface area contributed by atoms with E-state index >= 15 is 0 Å². The molecule has 5 heteroatoms. The summed E-state index contributed by atoms with van der Waals surface area (Å²) in [7, 11) is 4.89. The smallest absolute Gasteiger partial charge is 0.204 e. The lowest BCUT2D eigenvalue weighted by molar-refractivity contribution is 0.327. The minimum absolute atomic E-state index is 0.607. The van der Waals surface area contributed by atoms with Crippen molar-refractivity contribution in [1.29, 1.82) is 0 Å². The molecule has 116 valence electrons. The molecule has 1 heterocycles. The number of benzene rings is 2. The van der Waals surface area contributed by atoms with E-state index in [4.69, 9.17) is 14.2 Å². The predicted octanol–water partition coefficient (Wildman–Crippen LogP) is 4.73. The number of hydrogen-bond donors (Lipinski definition) is 1. The van der Waals surface area contributed by atoms with Crippen LogP contribution in [0.3, 0.4) is 0 Å². The average molecular weight is 364 g/mol. The number of methoxy groups -OCH3 is 3. The topological polar surface area (TPSA) is 43.5 Å². The number of aromatic amines is 1. The second kappa shape index (κ2) is 5.39. The van der Waals surface area contributed by atoms with Crippen molar-refractivity contribution in [3.8, 4) is 17.2 Å². The van der Waals surface area contributed by atoms with Crippen LogP contribution < -0.4 is 14.2 Å². The van der Waals surface area contributed by atoms with Gasteiger partial charge in [-0.15, -0.1) is 0 Å². The number of halogens is 1. The van der Waals surface area contributed by atoms with Crippen LogP contribution in [0.5, 0.6) is 17.2 Å². The Bertz CT molecular complexity index is 883. The van der Waals surface area contributed by atoms with E-state index in [-0.39, 0.29) is 0 Å². The standard InChI is InChI=1S/C17H18BrNO3/c1-8-6-10(18)9(2)13-14-11(19-15(8)13)7-12(20-3)16(21-4)17(14)22-5/h6-7,19H,1-5H3. The molecule has 22 heavy (non-hydrogen) atoms. The van der Waals surface area contributed by atoms with Gasteiger partial charge in [0.05, 0.1) is 32.2 Å². The highest BCUT2D eigenvalue weighted by atomic mass is 79.9. The van der Waals surface area contributed by atoms with Crippen molar-refractivity contribution in [2.24, 2.45) is 0 Å². The number of fused-ring (bicyclic) bond motifs is 3. The molecular weight excluding hydrogens is 346 g/mol. The summed E-state index contributed by atoms with van der Waals surface area (Å²) in [6, 6.07) is 4.07. The molecule has 0 atom stereocenters. The van der Waals surface area contributed by atoms with Crippen LogP contribution >= 0.6 is 15.9 Å². The maximum Gasteiger partial charge on any atom is 0.204 e. The second-order valence-electron chi connectivity index (χ2n) is 5.24. The number of hydrogen-bond acceptors (Lipinski definition) is 3. The summed E-state index contributed by atoms with van der Waals surface area (Å²) in [5.74, 6) is 1.94. The highest BCUT2D eigenvalue weighted by molar-refractivity contribution is 9.10. The molecule has 0 amide bonds. The summed E-state index contributed by atoms with van der Waals surface area (Å²) in [4.78, 5) is 3.48. The third-order valence-electron chi connectivity index (χ3n) is 4.06. The monoisotopic (exact) mass is 363 g/mol. The van der Waals surface area contributed by atoms with Crippen LogP contribution in [-0.4, -0.2) is 26.3 Å². The first-order valence-corrected chi connectivity index (χ1v) is 7.72. The van der Waals surface area contributed by atoms with Gasteiger partial charge in [-0.25, -0.2) is 0 Å². The fourth-order valence-corrected chi connectivity index (χ4v) is 3.53. The summed E-state index contributed by atoms with van der Waals surface area (Å²) in [5.41, 5.74) is 4.40. The molecule has 2 aromatic carbocycles. The molecule has 0 aliphatic rings. The maximum atomic E-state index is 5.65. The molecule has 0 spiro atoms.